The number of carbonyl (C=O) groups excluding carboxylic acids is 1. The number of pyridine rings is 2. The van der Waals surface area contributed by atoms with Crippen LogP contribution in [-0.4, -0.2) is 25.7 Å². The summed E-state index contributed by atoms with van der Waals surface area (Å²) in [6, 6.07) is 15.0. The molecule has 1 N–H and O–H groups in total. The number of fused-ring (bicyclic) bond motifs is 1. The van der Waals surface area contributed by atoms with E-state index in [1.807, 2.05) is 69.4 Å². The summed E-state index contributed by atoms with van der Waals surface area (Å²) in [5.41, 5.74) is 4.79. The minimum absolute atomic E-state index is 0.147. The third-order valence-corrected chi connectivity index (χ3v) is 4.98. The van der Waals surface area contributed by atoms with E-state index in [1.165, 1.54) is 0 Å². The summed E-state index contributed by atoms with van der Waals surface area (Å²) >= 11 is 0. The molecule has 6 heteroatoms. The second-order valence-corrected chi connectivity index (χ2v) is 6.79. The minimum Gasteiger partial charge on any atom is -0.345 e. The number of amides is 1. The van der Waals surface area contributed by atoms with E-state index in [9.17, 15) is 4.79 Å². The SMILES string of the molecule is Cc1c([C@@H](C)NC(=O)c2cc(-c3ccccn3)nc3ccccc23)cnn1C. The van der Waals surface area contributed by atoms with E-state index in [2.05, 4.69) is 20.4 Å². The fraction of sp³-hybridized carbons (Fsp3) is 0.182. The third-order valence-electron chi connectivity index (χ3n) is 4.98. The summed E-state index contributed by atoms with van der Waals surface area (Å²) in [5, 5.41) is 8.18. The topological polar surface area (TPSA) is 72.7 Å². The number of rotatable bonds is 4. The van der Waals surface area contributed by atoms with Gasteiger partial charge in [-0.05, 0) is 38.1 Å². The van der Waals surface area contributed by atoms with Gasteiger partial charge in [-0.15, -0.1) is 0 Å². The van der Waals surface area contributed by atoms with Crippen LogP contribution in [0.1, 0.15) is 34.6 Å². The van der Waals surface area contributed by atoms with Crippen LogP contribution in [-0.2, 0) is 7.05 Å². The summed E-state index contributed by atoms with van der Waals surface area (Å²) in [5.74, 6) is -0.147. The Bertz CT molecular complexity index is 1150. The van der Waals surface area contributed by atoms with Gasteiger partial charge in [0.05, 0.1) is 34.7 Å². The van der Waals surface area contributed by atoms with E-state index in [4.69, 9.17) is 0 Å². The van der Waals surface area contributed by atoms with Gasteiger partial charge in [0, 0.05) is 29.9 Å². The molecule has 0 saturated heterocycles. The number of aryl methyl sites for hydroxylation is 1. The Morgan fingerprint density at radius 2 is 1.89 bits per heavy atom. The van der Waals surface area contributed by atoms with Crippen molar-refractivity contribution in [2.24, 2.45) is 7.05 Å². The number of benzene rings is 1. The van der Waals surface area contributed by atoms with Crippen LogP contribution in [0.5, 0.6) is 0 Å². The van der Waals surface area contributed by atoms with E-state index in [0.29, 0.717) is 11.3 Å². The maximum Gasteiger partial charge on any atom is 0.252 e. The number of hydrogen-bond acceptors (Lipinski definition) is 4. The Kier molecular flexibility index (Phi) is 4.61. The highest BCUT2D eigenvalue weighted by Crippen LogP contribution is 2.25. The van der Waals surface area contributed by atoms with Gasteiger partial charge in [0.15, 0.2) is 0 Å². The molecule has 4 aromatic rings. The molecular formula is C22H21N5O. The molecule has 0 radical (unpaired) electrons. The van der Waals surface area contributed by atoms with Gasteiger partial charge in [-0.2, -0.15) is 5.10 Å². The van der Waals surface area contributed by atoms with E-state index < -0.39 is 0 Å². The molecule has 3 aromatic heterocycles. The van der Waals surface area contributed by atoms with E-state index >= 15 is 0 Å². The molecule has 140 valence electrons. The van der Waals surface area contributed by atoms with Crippen molar-refractivity contribution >= 4 is 16.8 Å². The van der Waals surface area contributed by atoms with Gasteiger partial charge < -0.3 is 5.32 Å². The summed E-state index contributed by atoms with van der Waals surface area (Å²) in [6.45, 7) is 3.96. The minimum atomic E-state index is -0.161. The zero-order chi connectivity index (χ0) is 19.7. The number of nitrogens with zero attached hydrogens (tertiary/aromatic N) is 4. The van der Waals surface area contributed by atoms with Gasteiger partial charge in [0.2, 0.25) is 0 Å². The van der Waals surface area contributed by atoms with Crippen LogP contribution in [0.15, 0.2) is 60.9 Å². The van der Waals surface area contributed by atoms with Gasteiger partial charge in [0.25, 0.3) is 5.91 Å². The average Bonchev–Trinajstić information content (AvgIpc) is 3.06. The van der Waals surface area contributed by atoms with Crippen molar-refractivity contribution in [2.45, 2.75) is 19.9 Å². The van der Waals surface area contributed by atoms with Crippen molar-refractivity contribution in [1.29, 1.82) is 0 Å². The number of para-hydroxylation sites is 1. The van der Waals surface area contributed by atoms with E-state index in [-0.39, 0.29) is 11.9 Å². The Hall–Kier alpha value is -3.54. The van der Waals surface area contributed by atoms with Crippen LogP contribution < -0.4 is 5.32 Å². The molecule has 0 aliphatic heterocycles. The predicted molar refractivity (Wildman–Crippen MR) is 109 cm³/mol. The van der Waals surface area contributed by atoms with Crippen LogP contribution in [0.25, 0.3) is 22.3 Å². The molecule has 1 atom stereocenters. The lowest BCUT2D eigenvalue weighted by Crippen LogP contribution is -2.27. The van der Waals surface area contributed by atoms with Crippen LogP contribution in [0.3, 0.4) is 0 Å². The predicted octanol–water partition coefficient (Wildman–Crippen LogP) is 3.83. The van der Waals surface area contributed by atoms with Crippen LogP contribution in [0.2, 0.25) is 0 Å². The van der Waals surface area contributed by atoms with E-state index in [0.717, 1.165) is 27.9 Å². The number of nitrogens with one attached hydrogen (secondary N) is 1. The Labute approximate surface area is 163 Å². The second-order valence-electron chi connectivity index (χ2n) is 6.79. The fourth-order valence-electron chi connectivity index (χ4n) is 3.30. The first kappa shape index (κ1) is 17.9. The second kappa shape index (κ2) is 7.23. The van der Waals surface area contributed by atoms with Gasteiger partial charge in [-0.1, -0.05) is 24.3 Å². The number of hydrogen-bond donors (Lipinski definition) is 1. The maximum absolute atomic E-state index is 13.2. The molecule has 1 amide bonds. The largest absolute Gasteiger partial charge is 0.345 e. The summed E-state index contributed by atoms with van der Waals surface area (Å²) in [7, 11) is 1.89. The Morgan fingerprint density at radius 1 is 1.11 bits per heavy atom. The van der Waals surface area contributed by atoms with Crippen LogP contribution in [0, 0.1) is 6.92 Å². The molecular weight excluding hydrogens is 350 g/mol. The average molecular weight is 371 g/mol. The van der Waals surface area contributed by atoms with Crippen molar-refractivity contribution in [1.82, 2.24) is 25.1 Å². The normalized spacial score (nSPS) is 12.1. The number of aromatic nitrogens is 4. The van der Waals surface area contributed by atoms with Gasteiger partial charge in [0.1, 0.15) is 0 Å². The van der Waals surface area contributed by atoms with Crippen LogP contribution in [0.4, 0.5) is 0 Å². The van der Waals surface area contributed by atoms with Crippen molar-refractivity contribution < 1.29 is 4.79 Å². The van der Waals surface area contributed by atoms with Crippen molar-refractivity contribution in [3.05, 3.63) is 77.7 Å². The Balaban J connectivity index is 1.74. The fourth-order valence-corrected chi connectivity index (χ4v) is 3.30. The highest BCUT2D eigenvalue weighted by molar-refractivity contribution is 6.07. The molecule has 0 bridgehead atoms. The van der Waals surface area contributed by atoms with Crippen molar-refractivity contribution in [3.8, 4) is 11.4 Å². The molecule has 6 nitrogen and oxygen atoms in total. The molecule has 0 saturated carbocycles. The lowest BCUT2D eigenvalue weighted by atomic mass is 10.0. The van der Waals surface area contributed by atoms with Crippen molar-refractivity contribution in [2.75, 3.05) is 0 Å². The third kappa shape index (κ3) is 3.24. The lowest BCUT2D eigenvalue weighted by molar-refractivity contribution is 0.0941. The first-order valence-electron chi connectivity index (χ1n) is 9.15. The standard InChI is InChI=1S/C22H21N5O/c1-14(18-13-24-27(3)15(18)2)25-22(28)17-12-21(20-10-6-7-11-23-20)26-19-9-5-4-8-16(17)19/h4-14H,1-3H3,(H,25,28)/t14-/m1/s1. The Morgan fingerprint density at radius 3 is 2.61 bits per heavy atom. The maximum atomic E-state index is 13.2. The smallest absolute Gasteiger partial charge is 0.252 e. The summed E-state index contributed by atoms with van der Waals surface area (Å²) in [6.07, 6.45) is 3.52. The highest BCUT2D eigenvalue weighted by Gasteiger charge is 2.19. The number of carbonyl (C=O) groups is 1. The summed E-state index contributed by atoms with van der Waals surface area (Å²) < 4.78 is 1.80. The molecule has 0 unspecified atom stereocenters. The molecule has 3 heterocycles. The zero-order valence-corrected chi connectivity index (χ0v) is 16.0. The first-order valence-corrected chi connectivity index (χ1v) is 9.15. The molecule has 0 fully saturated rings. The quantitative estimate of drug-likeness (QED) is 0.592. The highest BCUT2D eigenvalue weighted by atomic mass is 16.1. The molecule has 0 aliphatic rings. The molecule has 0 aliphatic carbocycles. The van der Waals surface area contributed by atoms with Gasteiger partial charge >= 0.3 is 0 Å². The van der Waals surface area contributed by atoms with Gasteiger partial charge in [-0.3, -0.25) is 14.5 Å². The van der Waals surface area contributed by atoms with E-state index in [1.54, 1.807) is 17.1 Å². The van der Waals surface area contributed by atoms with Crippen molar-refractivity contribution in [3.63, 3.8) is 0 Å². The van der Waals surface area contributed by atoms with Gasteiger partial charge in [-0.25, -0.2) is 4.98 Å². The summed E-state index contributed by atoms with van der Waals surface area (Å²) in [4.78, 5) is 22.2. The monoisotopic (exact) mass is 371 g/mol. The molecule has 0 spiro atoms. The molecule has 1 aromatic carbocycles. The molecule has 28 heavy (non-hydrogen) atoms. The van der Waals surface area contributed by atoms with Crippen LogP contribution >= 0.6 is 0 Å². The lowest BCUT2D eigenvalue weighted by Gasteiger charge is -2.15. The molecule has 4 rings (SSSR count). The zero-order valence-electron chi connectivity index (χ0n) is 16.0. The first-order chi connectivity index (χ1) is 13.5.